The van der Waals surface area contributed by atoms with Crippen LogP contribution in [0.4, 0.5) is 10.5 Å². The lowest BCUT2D eigenvalue weighted by molar-refractivity contribution is -0.120. The van der Waals surface area contributed by atoms with Gasteiger partial charge in [0.1, 0.15) is 5.75 Å². The smallest absolute Gasteiger partial charge is 0.321 e. The molecule has 3 atom stereocenters. The van der Waals surface area contributed by atoms with E-state index in [1.165, 1.54) is 5.56 Å². The average molecular weight is 537 g/mol. The van der Waals surface area contributed by atoms with Crippen LogP contribution < -0.4 is 15.4 Å². The molecule has 0 radical (unpaired) electrons. The number of methoxy groups -OCH3 is 1. The second-order valence-corrected chi connectivity index (χ2v) is 10.4. The third-order valence-corrected chi connectivity index (χ3v) is 7.79. The summed E-state index contributed by atoms with van der Waals surface area (Å²) >= 11 is 0. The van der Waals surface area contributed by atoms with Crippen LogP contribution in [0.15, 0.2) is 78.9 Å². The summed E-state index contributed by atoms with van der Waals surface area (Å²) in [5, 5.41) is 6.09. The van der Waals surface area contributed by atoms with E-state index in [9.17, 15) is 9.59 Å². The Morgan fingerprint density at radius 3 is 2.25 bits per heavy atom. The molecule has 0 unspecified atom stereocenters. The zero-order valence-corrected chi connectivity index (χ0v) is 23.1. The Morgan fingerprint density at radius 2 is 1.57 bits per heavy atom. The Labute approximate surface area is 236 Å². The normalized spacial score (nSPS) is 20.4. The molecule has 2 aliphatic heterocycles. The third kappa shape index (κ3) is 6.47. The van der Waals surface area contributed by atoms with Crippen LogP contribution in [0.5, 0.6) is 5.75 Å². The molecule has 7 heteroatoms. The van der Waals surface area contributed by atoms with E-state index in [1.54, 1.807) is 14.0 Å². The number of rotatable bonds is 5. The summed E-state index contributed by atoms with van der Waals surface area (Å²) in [7, 11) is 1.62. The van der Waals surface area contributed by atoms with Gasteiger partial charge in [-0.3, -0.25) is 9.69 Å². The fourth-order valence-electron chi connectivity index (χ4n) is 5.73. The molecule has 3 aromatic carbocycles. The van der Waals surface area contributed by atoms with E-state index in [2.05, 4.69) is 51.6 Å². The highest BCUT2D eigenvalue weighted by Crippen LogP contribution is 2.42. The molecule has 0 spiro atoms. The van der Waals surface area contributed by atoms with Crippen LogP contribution in [0.2, 0.25) is 0 Å². The second-order valence-electron chi connectivity index (χ2n) is 10.4. The molecule has 0 bridgehead atoms. The first-order valence-electron chi connectivity index (χ1n) is 13.9. The lowest BCUT2D eigenvalue weighted by atomic mass is 9.73. The van der Waals surface area contributed by atoms with Gasteiger partial charge in [-0.1, -0.05) is 42.2 Å². The fraction of sp³-hybridized carbons (Fsp3) is 0.333. The van der Waals surface area contributed by atoms with E-state index >= 15 is 0 Å². The number of nitrogens with one attached hydrogen (secondary N) is 2. The lowest BCUT2D eigenvalue weighted by Crippen LogP contribution is -2.69. The van der Waals surface area contributed by atoms with Gasteiger partial charge in [-0.25, -0.2) is 4.79 Å². The van der Waals surface area contributed by atoms with Crippen molar-refractivity contribution in [1.29, 1.82) is 0 Å². The molecule has 3 aromatic rings. The molecular weight excluding hydrogens is 500 g/mol. The van der Waals surface area contributed by atoms with Gasteiger partial charge in [0.25, 0.3) is 0 Å². The summed E-state index contributed by atoms with van der Waals surface area (Å²) in [6.45, 7) is 4.44. The van der Waals surface area contributed by atoms with E-state index in [0.29, 0.717) is 19.6 Å². The van der Waals surface area contributed by atoms with Crippen LogP contribution in [0.25, 0.3) is 0 Å². The number of amides is 3. The zero-order valence-electron chi connectivity index (χ0n) is 23.1. The van der Waals surface area contributed by atoms with Gasteiger partial charge in [0.15, 0.2) is 0 Å². The van der Waals surface area contributed by atoms with Gasteiger partial charge in [-0.2, -0.15) is 0 Å². The fourth-order valence-corrected chi connectivity index (χ4v) is 5.73. The van der Waals surface area contributed by atoms with Gasteiger partial charge in [-0.05, 0) is 73.5 Å². The topological polar surface area (TPSA) is 73.9 Å². The van der Waals surface area contributed by atoms with Crippen LogP contribution in [0.1, 0.15) is 42.4 Å². The molecular formula is C33H36N4O3. The number of anilines is 1. The number of carbonyl (C=O) groups is 2. The van der Waals surface area contributed by atoms with Gasteiger partial charge in [0.05, 0.1) is 7.11 Å². The number of benzene rings is 3. The highest BCUT2D eigenvalue weighted by Gasteiger charge is 2.49. The first-order valence-corrected chi connectivity index (χ1v) is 13.9. The monoisotopic (exact) mass is 536 g/mol. The number of ether oxygens (including phenoxy) is 1. The van der Waals surface area contributed by atoms with Crippen molar-refractivity contribution < 1.29 is 14.3 Å². The average Bonchev–Trinajstić information content (AvgIpc) is 2.96. The van der Waals surface area contributed by atoms with Crippen molar-refractivity contribution in [3.05, 3.63) is 95.6 Å². The Hall–Kier alpha value is -4.28. The number of nitrogens with zero attached hydrogens (tertiary/aromatic N) is 2. The van der Waals surface area contributed by atoms with Crippen LogP contribution in [0.3, 0.4) is 0 Å². The van der Waals surface area contributed by atoms with Gasteiger partial charge in [0.2, 0.25) is 5.91 Å². The lowest BCUT2D eigenvalue weighted by Gasteiger charge is -2.57. The van der Waals surface area contributed by atoms with Crippen molar-refractivity contribution in [2.75, 3.05) is 38.6 Å². The molecule has 40 heavy (non-hydrogen) atoms. The highest BCUT2D eigenvalue weighted by molar-refractivity contribution is 5.89. The van der Waals surface area contributed by atoms with Gasteiger partial charge in [0, 0.05) is 61.4 Å². The van der Waals surface area contributed by atoms with Gasteiger partial charge in [-0.15, -0.1) is 0 Å². The van der Waals surface area contributed by atoms with E-state index in [0.717, 1.165) is 42.0 Å². The molecule has 7 nitrogen and oxygen atoms in total. The van der Waals surface area contributed by atoms with E-state index in [4.69, 9.17) is 4.74 Å². The highest BCUT2D eigenvalue weighted by atomic mass is 16.5. The Bertz CT molecular complexity index is 1360. The summed E-state index contributed by atoms with van der Waals surface area (Å²) in [4.78, 5) is 29.5. The summed E-state index contributed by atoms with van der Waals surface area (Å²) in [6.07, 6.45) is 1.94. The number of urea groups is 1. The molecule has 206 valence electrons. The maximum atomic E-state index is 13.3. The van der Waals surface area contributed by atoms with E-state index in [1.807, 2.05) is 59.5 Å². The number of hydrogen-bond donors (Lipinski definition) is 2. The molecule has 0 aliphatic carbocycles. The largest absolute Gasteiger partial charge is 0.497 e. The molecule has 2 N–H and O–H groups in total. The molecule has 2 aliphatic rings. The maximum absolute atomic E-state index is 13.3. The van der Waals surface area contributed by atoms with E-state index < -0.39 is 0 Å². The van der Waals surface area contributed by atoms with Crippen molar-refractivity contribution in [1.82, 2.24) is 15.1 Å². The molecule has 0 aromatic heterocycles. The first-order chi connectivity index (χ1) is 19.5. The minimum Gasteiger partial charge on any atom is -0.497 e. The predicted octanol–water partition coefficient (Wildman–Crippen LogP) is 4.70. The van der Waals surface area contributed by atoms with Crippen LogP contribution in [-0.4, -0.2) is 67.1 Å². The van der Waals surface area contributed by atoms with Gasteiger partial charge >= 0.3 is 6.03 Å². The Kier molecular flexibility index (Phi) is 8.68. The van der Waals surface area contributed by atoms with Gasteiger partial charge < -0.3 is 20.3 Å². The summed E-state index contributed by atoms with van der Waals surface area (Å²) in [6, 6.07) is 26.0. The zero-order chi connectivity index (χ0) is 27.9. The minimum absolute atomic E-state index is 0.0266. The number of fused-ring (bicyclic) bond motifs is 1. The van der Waals surface area contributed by atoms with Crippen LogP contribution >= 0.6 is 0 Å². The first kappa shape index (κ1) is 27.3. The van der Waals surface area contributed by atoms with Crippen LogP contribution in [-0.2, 0) is 4.79 Å². The summed E-state index contributed by atoms with van der Waals surface area (Å²) in [5.41, 5.74) is 3.89. The minimum atomic E-state index is -0.0948. The van der Waals surface area contributed by atoms with E-state index in [-0.39, 0.29) is 29.9 Å². The molecule has 0 saturated carbocycles. The SMILES string of the molecule is COc1ccc(NC(=O)N2CCCCN3[C@@H](CNC(C)=O)[C@H](c4ccc(C#Cc5ccccc5)cc4)[C@@H]3C2)cc1. The maximum Gasteiger partial charge on any atom is 0.321 e. The van der Waals surface area contributed by atoms with Crippen molar-refractivity contribution in [2.45, 2.75) is 37.8 Å². The molecule has 3 amide bonds. The van der Waals surface area contributed by atoms with Crippen molar-refractivity contribution in [2.24, 2.45) is 0 Å². The molecule has 2 saturated heterocycles. The quantitative estimate of drug-likeness (QED) is 0.464. The van der Waals surface area contributed by atoms with Crippen LogP contribution in [0, 0.1) is 11.8 Å². The Balaban J connectivity index is 1.34. The van der Waals surface area contributed by atoms with Crippen molar-refractivity contribution in [3.63, 3.8) is 0 Å². The standard InChI is InChI=1S/C33H36N4O3/c1-24(38)34-22-30-32(27-14-12-26(13-15-27)11-10-25-8-4-3-5-9-25)31-23-36(20-6-7-21-37(30)31)33(39)35-28-16-18-29(40-2)19-17-28/h3-5,8-9,12-19,30-32H,6-7,20-23H2,1-2H3,(H,34,38)(H,35,39)/t30-,31-,32-/m0/s1. The third-order valence-electron chi connectivity index (χ3n) is 7.79. The summed E-state index contributed by atoms with van der Waals surface area (Å²) < 4.78 is 5.23. The number of carbonyl (C=O) groups excluding carboxylic acids is 2. The number of hydrogen-bond acceptors (Lipinski definition) is 4. The Morgan fingerprint density at radius 1 is 0.900 bits per heavy atom. The molecule has 5 rings (SSSR count). The predicted molar refractivity (Wildman–Crippen MR) is 157 cm³/mol. The molecule has 2 heterocycles. The van der Waals surface area contributed by atoms with Crippen molar-refractivity contribution >= 4 is 17.6 Å². The molecule has 2 fully saturated rings. The summed E-state index contributed by atoms with van der Waals surface area (Å²) in [5.74, 6) is 7.39. The van der Waals surface area contributed by atoms with Crippen molar-refractivity contribution in [3.8, 4) is 17.6 Å². The second kappa shape index (κ2) is 12.7.